The van der Waals surface area contributed by atoms with Crippen LogP contribution in [-0.2, 0) is 14.4 Å². The van der Waals surface area contributed by atoms with Crippen LogP contribution < -0.4 is 5.73 Å². The lowest BCUT2D eigenvalue weighted by Crippen LogP contribution is -2.38. The van der Waals surface area contributed by atoms with Gasteiger partial charge < -0.3 is 0 Å². The fourth-order valence-corrected chi connectivity index (χ4v) is 0.833. The van der Waals surface area contributed by atoms with E-state index in [0.717, 1.165) is 0 Å². The van der Waals surface area contributed by atoms with Gasteiger partial charge in [-0.2, -0.15) is 0 Å². The molecule has 0 bridgehead atoms. The van der Waals surface area contributed by atoms with Crippen LogP contribution >= 0.6 is 0 Å². The van der Waals surface area contributed by atoms with E-state index >= 15 is 0 Å². The van der Waals surface area contributed by atoms with Crippen molar-refractivity contribution in [2.75, 3.05) is 14.1 Å². The zero-order valence-electron chi connectivity index (χ0n) is 7.61. The van der Waals surface area contributed by atoms with Crippen LogP contribution in [0.2, 0.25) is 0 Å². The number of hydrogen-bond acceptors (Lipinski definition) is 3. The van der Waals surface area contributed by atoms with Crippen molar-refractivity contribution in [3.05, 3.63) is 0 Å². The number of carbonyl (C=O) groups excluding carboxylic acids is 2. The Kier molecular flexibility index (Phi) is 2.50. The van der Waals surface area contributed by atoms with E-state index in [9.17, 15) is 9.59 Å². The van der Waals surface area contributed by atoms with Crippen LogP contribution in [-0.4, -0.2) is 41.6 Å². The zero-order valence-corrected chi connectivity index (χ0v) is 7.61. The lowest BCUT2D eigenvalue weighted by Gasteiger charge is -2.10. The highest BCUT2D eigenvalue weighted by Gasteiger charge is 2.33. The summed E-state index contributed by atoms with van der Waals surface area (Å²) in [7, 11) is 3.31. The molecule has 1 aliphatic heterocycles. The quantitative estimate of drug-likeness (QED) is 0.238. The van der Waals surface area contributed by atoms with Crippen LogP contribution in [0, 0.1) is 0 Å². The Bertz CT molecular complexity index is 265. The SMILES string of the molecule is C[N+](C)=C(N)ON1C(=O)CCC1=O. The number of rotatable bonds is 1. The van der Waals surface area contributed by atoms with Crippen LogP contribution in [0.3, 0.4) is 0 Å². The van der Waals surface area contributed by atoms with Crippen molar-refractivity contribution in [2.45, 2.75) is 12.8 Å². The summed E-state index contributed by atoms with van der Waals surface area (Å²) < 4.78 is 1.47. The van der Waals surface area contributed by atoms with Gasteiger partial charge in [0.15, 0.2) is 0 Å². The molecule has 13 heavy (non-hydrogen) atoms. The molecule has 0 aromatic heterocycles. The monoisotopic (exact) mass is 186 g/mol. The first-order valence-electron chi connectivity index (χ1n) is 3.86. The third-order valence-electron chi connectivity index (χ3n) is 1.63. The van der Waals surface area contributed by atoms with Gasteiger partial charge in [-0.05, 0) is 0 Å². The molecule has 6 heteroatoms. The van der Waals surface area contributed by atoms with Gasteiger partial charge in [0.25, 0.3) is 11.8 Å². The summed E-state index contributed by atoms with van der Waals surface area (Å²) in [6.07, 6.45) is 0.388. The number of nitrogens with two attached hydrogens (primary N) is 1. The molecule has 1 rings (SSSR count). The molecule has 0 unspecified atom stereocenters. The molecule has 2 N–H and O–H groups in total. The van der Waals surface area contributed by atoms with E-state index in [1.807, 2.05) is 0 Å². The number of amidine groups is 1. The summed E-state index contributed by atoms with van der Waals surface area (Å²) in [4.78, 5) is 26.9. The van der Waals surface area contributed by atoms with Crippen LogP contribution in [0.4, 0.5) is 0 Å². The van der Waals surface area contributed by atoms with Gasteiger partial charge in [-0.25, -0.2) is 4.58 Å². The average Bonchev–Trinajstić information content (AvgIpc) is 2.35. The van der Waals surface area contributed by atoms with Crippen molar-refractivity contribution >= 4 is 17.8 Å². The highest BCUT2D eigenvalue weighted by Crippen LogP contribution is 2.11. The number of hydrogen-bond donors (Lipinski definition) is 1. The second-order valence-electron chi connectivity index (χ2n) is 2.91. The molecule has 0 saturated carbocycles. The van der Waals surface area contributed by atoms with Gasteiger partial charge >= 0.3 is 6.02 Å². The van der Waals surface area contributed by atoms with Gasteiger partial charge in [0.05, 0.1) is 14.1 Å². The Morgan fingerprint density at radius 2 is 1.85 bits per heavy atom. The summed E-state index contributed by atoms with van der Waals surface area (Å²) >= 11 is 0. The largest absolute Gasteiger partial charge is 0.466 e. The van der Waals surface area contributed by atoms with Crippen molar-refractivity contribution in [3.63, 3.8) is 0 Å². The number of carbonyl (C=O) groups is 2. The molecule has 0 spiro atoms. The summed E-state index contributed by atoms with van der Waals surface area (Å²) in [5, 5.41) is 0.704. The Hall–Kier alpha value is -1.59. The van der Waals surface area contributed by atoms with E-state index < -0.39 is 0 Å². The van der Waals surface area contributed by atoms with Gasteiger partial charge in [-0.15, -0.1) is 0 Å². The molecule has 2 amide bonds. The third kappa shape index (κ3) is 1.95. The highest BCUT2D eigenvalue weighted by molar-refractivity contribution is 6.01. The predicted octanol–water partition coefficient (Wildman–Crippen LogP) is -1.35. The van der Waals surface area contributed by atoms with Crippen molar-refractivity contribution in [1.82, 2.24) is 5.06 Å². The minimum absolute atomic E-state index is 0.0172. The van der Waals surface area contributed by atoms with Crippen molar-refractivity contribution in [2.24, 2.45) is 5.73 Å². The normalized spacial score (nSPS) is 16.3. The van der Waals surface area contributed by atoms with Crippen molar-refractivity contribution in [3.8, 4) is 0 Å². The van der Waals surface area contributed by atoms with E-state index in [1.165, 1.54) is 4.58 Å². The zero-order chi connectivity index (χ0) is 10.0. The predicted molar refractivity (Wildman–Crippen MR) is 43.5 cm³/mol. The smallest absolute Gasteiger partial charge is 0.292 e. The summed E-state index contributed by atoms with van der Waals surface area (Å²) in [6, 6.07) is 0.0172. The molecule has 1 fully saturated rings. The van der Waals surface area contributed by atoms with E-state index in [4.69, 9.17) is 10.6 Å². The summed E-state index contributed by atoms with van der Waals surface area (Å²) in [6.45, 7) is 0. The molecule has 0 radical (unpaired) electrons. The minimum Gasteiger partial charge on any atom is -0.292 e. The molecular weight excluding hydrogens is 174 g/mol. The number of imide groups is 1. The lowest BCUT2D eigenvalue weighted by molar-refractivity contribution is -0.479. The first kappa shape index (κ1) is 9.50. The summed E-state index contributed by atoms with van der Waals surface area (Å²) in [5.41, 5.74) is 5.40. The van der Waals surface area contributed by atoms with Crippen LogP contribution in [0.5, 0.6) is 0 Å². The van der Waals surface area contributed by atoms with Crippen molar-refractivity contribution in [1.29, 1.82) is 0 Å². The molecule has 0 aromatic carbocycles. The van der Waals surface area contributed by atoms with E-state index in [0.29, 0.717) is 5.06 Å². The van der Waals surface area contributed by atoms with E-state index in [2.05, 4.69) is 0 Å². The number of hydroxylamine groups is 2. The van der Waals surface area contributed by atoms with Gasteiger partial charge in [0.1, 0.15) is 0 Å². The van der Waals surface area contributed by atoms with Gasteiger partial charge in [0, 0.05) is 12.8 Å². The Labute approximate surface area is 75.5 Å². The van der Waals surface area contributed by atoms with Gasteiger partial charge in [0.2, 0.25) is 0 Å². The highest BCUT2D eigenvalue weighted by atomic mass is 16.7. The molecule has 0 aliphatic carbocycles. The van der Waals surface area contributed by atoms with E-state index in [-0.39, 0.29) is 30.7 Å². The second-order valence-corrected chi connectivity index (χ2v) is 2.91. The molecule has 6 nitrogen and oxygen atoms in total. The molecule has 0 atom stereocenters. The van der Waals surface area contributed by atoms with E-state index in [1.54, 1.807) is 14.1 Å². The Morgan fingerprint density at radius 3 is 2.23 bits per heavy atom. The first-order valence-corrected chi connectivity index (χ1v) is 3.86. The average molecular weight is 186 g/mol. The van der Waals surface area contributed by atoms with Crippen LogP contribution in [0.15, 0.2) is 0 Å². The topological polar surface area (TPSA) is 75.6 Å². The van der Waals surface area contributed by atoms with Gasteiger partial charge in [-0.1, -0.05) is 5.06 Å². The minimum atomic E-state index is -0.352. The molecule has 1 saturated heterocycles. The fourth-order valence-electron chi connectivity index (χ4n) is 0.833. The molecule has 0 aromatic rings. The molecular formula is C7H12N3O3+. The maximum atomic E-state index is 11.0. The Balaban J connectivity index is 2.69. The molecule has 1 heterocycles. The van der Waals surface area contributed by atoms with Crippen LogP contribution in [0.25, 0.3) is 0 Å². The third-order valence-corrected chi connectivity index (χ3v) is 1.63. The standard InChI is InChI=1S/C7H11N3O3/c1-9(2)7(8)13-10-5(11)3-4-6(10)12/h8H,3-4H2,1-2H3/p+1. The first-order chi connectivity index (χ1) is 6.02. The number of amides is 2. The maximum absolute atomic E-state index is 11.0. The fraction of sp³-hybridized carbons (Fsp3) is 0.571. The maximum Gasteiger partial charge on any atom is 0.466 e. The number of nitrogens with zero attached hydrogens (tertiary/aromatic N) is 2. The van der Waals surface area contributed by atoms with Gasteiger partial charge in [-0.3, -0.25) is 20.2 Å². The Morgan fingerprint density at radius 1 is 1.38 bits per heavy atom. The lowest BCUT2D eigenvalue weighted by atomic mass is 10.4. The van der Waals surface area contributed by atoms with Crippen molar-refractivity contribution < 1.29 is 19.0 Å². The molecule has 72 valence electrons. The second kappa shape index (κ2) is 3.42. The van der Waals surface area contributed by atoms with Crippen LogP contribution in [0.1, 0.15) is 12.8 Å². The molecule has 1 aliphatic rings. The summed E-state index contributed by atoms with van der Waals surface area (Å²) in [5.74, 6) is -0.704.